The van der Waals surface area contributed by atoms with Crippen molar-refractivity contribution in [3.8, 4) is 0 Å². The number of aryl methyl sites for hydroxylation is 2. The molecule has 3 heterocycles. The summed E-state index contributed by atoms with van der Waals surface area (Å²) in [7, 11) is 0. The van der Waals surface area contributed by atoms with Crippen molar-refractivity contribution in [2.24, 2.45) is 0 Å². The zero-order valence-electron chi connectivity index (χ0n) is 10.1. The molecular weight excluding hydrogens is 232 g/mol. The van der Waals surface area contributed by atoms with Crippen LogP contribution in [0.1, 0.15) is 36.0 Å². The summed E-state index contributed by atoms with van der Waals surface area (Å²) in [6, 6.07) is 0. The molecule has 0 amide bonds. The number of nitrogens with one attached hydrogen (secondary N) is 1. The van der Waals surface area contributed by atoms with E-state index in [1.54, 1.807) is 0 Å². The number of nitrogens with zero attached hydrogens (tertiary/aromatic N) is 3. The van der Waals surface area contributed by atoms with Gasteiger partial charge in [0, 0.05) is 25.1 Å². The summed E-state index contributed by atoms with van der Waals surface area (Å²) in [5.41, 5.74) is 1.21. The van der Waals surface area contributed by atoms with Gasteiger partial charge < -0.3 is 9.26 Å². The molecule has 96 valence electrons. The van der Waals surface area contributed by atoms with E-state index in [1.165, 1.54) is 5.56 Å². The molecule has 0 aromatic carbocycles. The fourth-order valence-electron chi connectivity index (χ4n) is 2.13. The molecule has 1 aliphatic heterocycles. The van der Waals surface area contributed by atoms with Gasteiger partial charge in [0.05, 0.1) is 12.8 Å². The van der Waals surface area contributed by atoms with Crippen molar-refractivity contribution >= 4 is 0 Å². The molecule has 0 aliphatic carbocycles. The number of aromatic nitrogens is 4. The molecule has 1 aliphatic rings. The molecule has 0 saturated carbocycles. The number of rotatable bonds is 5. The van der Waals surface area contributed by atoms with Gasteiger partial charge in [-0.1, -0.05) is 5.16 Å². The normalized spacial score (nSPS) is 19.4. The molecule has 3 rings (SSSR count). The second kappa shape index (κ2) is 5.30. The van der Waals surface area contributed by atoms with Crippen LogP contribution in [0.15, 0.2) is 16.9 Å². The van der Waals surface area contributed by atoms with Gasteiger partial charge in [0.15, 0.2) is 5.82 Å². The highest BCUT2D eigenvalue weighted by Crippen LogP contribution is 2.22. The summed E-state index contributed by atoms with van der Waals surface area (Å²) < 4.78 is 10.6. The average Bonchev–Trinajstić information content (AvgIpc) is 3.12. The zero-order valence-corrected chi connectivity index (χ0v) is 10.1. The minimum absolute atomic E-state index is 0.316. The molecule has 2 aromatic rings. The van der Waals surface area contributed by atoms with Crippen LogP contribution >= 0.6 is 0 Å². The summed E-state index contributed by atoms with van der Waals surface area (Å²) in [5.74, 6) is 1.84. The Morgan fingerprint density at radius 1 is 1.39 bits per heavy atom. The zero-order chi connectivity index (χ0) is 12.2. The highest BCUT2D eigenvalue weighted by atomic mass is 16.5. The first kappa shape index (κ1) is 11.4. The van der Waals surface area contributed by atoms with E-state index in [0.29, 0.717) is 12.5 Å². The molecule has 1 N–H and O–H groups in total. The summed E-state index contributed by atoms with van der Waals surface area (Å²) in [5, 5.41) is 10.7. The molecule has 2 aromatic heterocycles. The van der Waals surface area contributed by atoms with Crippen LogP contribution in [0, 0.1) is 0 Å². The summed E-state index contributed by atoms with van der Waals surface area (Å²) >= 11 is 0. The van der Waals surface area contributed by atoms with Gasteiger partial charge in [-0.05, 0) is 24.8 Å². The minimum Gasteiger partial charge on any atom is -0.381 e. The molecular formula is C12H16N4O2. The topological polar surface area (TPSA) is 76.8 Å². The van der Waals surface area contributed by atoms with E-state index in [1.807, 2.05) is 12.4 Å². The van der Waals surface area contributed by atoms with Gasteiger partial charge >= 0.3 is 0 Å². The third-order valence-electron chi connectivity index (χ3n) is 3.19. The maximum Gasteiger partial charge on any atom is 0.226 e. The van der Waals surface area contributed by atoms with Crippen molar-refractivity contribution in [3.63, 3.8) is 0 Å². The number of H-pyrrole nitrogens is 1. The van der Waals surface area contributed by atoms with Gasteiger partial charge in [-0.15, -0.1) is 0 Å². The first-order valence-corrected chi connectivity index (χ1v) is 6.29. The van der Waals surface area contributed by atoms with Gasteiger partial charge in [-0.25, -0.2) is 0 Å². The average molecular weight is 248 g/mol. The summed E-state index contributed by atoms with van der Waals surface area (Å²) in [6.45, 7) is 1.52. The van der Waals surface area contributed by atoms with E-state index >= 15 is 0 Å². The van der Waals surface area contributed by atoms with Crippen molar-refractivity contribution in [2.75, 3.05) is 13.2 Å². The van der Waals surface area contributed by atoms with Crippen LogP contribution in [0.4, 0.5) is 0 Å². The van der Waals surface area contributed by atoms with Crippen LogP contribution in [-0.4, -0.2) is 33.6 Å². The van der Waals surface area contributed by atoms with Crippen LogP contribution in [0.5, 0.6) is 0 Å². The Bertz CT molecular complexity index is 474. The van der Waals surface area contributed by atoms with Crippen LogP contribution in [0.3, 0.4) is 0 Å². The van der Waals surface area contributed by atoms with E-state index in [4.69, 9.17) is 9.26 Å². The fourth-order valence-corrected chi connectivity index (χ4v) is 2.13. The lowest BCUT2D eigenvalue weighted by atomic mass is 10.1. The Hall–Kier alpha value is -1.69. The third-order valence-corrected chi connectivity index (χ3v) is 3.19. The Kier molecular flexibility index (Phi) is 3.36. The smallest absolute Gasteiger partial charge is 0.226 e. The standard InChI is InChI=1S/C12H16N4O2/c1(2-9-6-13-14-7-9)3-11-15-12(16-18-11)10-4-5-17-8-10/h6-7,10H,1-5,8H2,(H,13,14). The van der Waals surface area contributed by atoms with E-state index in [-0.39, 0.29) is 0 Å². The Balaban J connectivity index is 1.50. The monoisotopic (exact) mass is 248 g/mol. The van der Waals surface area contributed by atoms with Gasteiger partial charge in [-0.2, -0.15) is 10.1 Å². The number of hydrogen-bond donors (Lipinski definition) is 1. The number of hydrogen-bond acceptors (Lipinski definition) is 5. The number of aromatic amines is 1. The highest BCUT2D eigenvalue weighted by molar-refractivity contribution is 5.03. The summed E-state index contributed by atoms with van der Waals surface area (Å²) in [6.07, 6.45) is 7.52. The highest BCUT2D eigenvalue weighted by Gasteiger charge is 2.22. The molecule has 6 nitrogen and oxygen atoms in total. The van der Waals surface area contributed by atoms with Gasteiger partial charge in [0.1, 0.15) is 0 Å². The van der Waals surface area contributed by atoms with Crippen LogP contribution in [-0.2, 0) is 17.6 Å². The summed E-state index contributed by atoms with van der Waals surface area (Å²) in [4.78, 5) is 4.43. The number of ether oxygens (including phenoxy) is 1. The lowest BCUT2D eigenvalue weighted by molar-refractivity contribution is 0.192. The van der Waals surface area contributed by atoms with Gasteiger partial charge in [0.25, 0.3) is 0 Å². The van der Waals surface area contributed by atoms with E-state index < -0.39 is 0 Å². The first-order valence-electron chi connectivity index (χ1n) is 6.29. The van der Waals surface area contributed by atoms with Crippen LogP contribution in [0.2, 0.25) is 0 Å². The Morgan fingerprint density at radius 2 is 2.39 bits per heavy atom. The molecule has 1 atom stereocenters. The van der Waals surface area contributed by atoms with E-state index in [2.05, 4.69) is 20.3 Å². The molecule has 0 radical (unpaired) electrons. The van der Waals surface area contributed by atoms with Crippen molar-refractivity contribution < 1.29 is 9.26 Å². The van der Waals surface area contributed by atoms with Gasteiger partial charge in [-0.3, -0.25) is 5.10 Å². The predicted molar refractivity (Wildman–Crippen MR) is 63.1 cm³/mol. The fraction of sp³-hybridized carbons (Fsp3) is 0.583. The van der Waals surface area contributed by atoms with Crippen molar-refractivity contribution in [3.05, 3.63) is 29.7 Å². The maximum atomic E-state index is 5.32. The van der Waals surface area contributed by atoms with E-state index in [9.17, 15) is 0 Å². The lowest BCUT2D eigenvalue weighted by Crippen LogP contribution is -2.00. The second-order valence-corrected chi connectivity index (χ2v) is 4.57. The Morgan fingerprint density at radius 3 is 3.17 bits per heavy atom. The van der Waals surface area contributed by atoms with Crippen molar-refractivity contribution in [1.29, 1.82) is 0 Å². The predicted octanol–water partition coefficient (Wildman–Crippen LogP) is 1.47. The van der Waals surface area contributed by atoms with Gasteiger partial charge in [0.2, 0.25) is 5.89 Å². The molecule has 18 heavy (non-hydrogen) atoms. The molecule has 1 unspecified atom stereocenters. The maximum absolute atomic E-state index is 5.32. The van der Waals surface area contributed by atoms with Crippen molar-refractivity contribution in [2.45, 2.75) is 31.6 Å². The first-order chi connectivity index (χ1) is 8.92. The minimum atomic E-state index is 0.316. The quantitative estimate of drug-likeness (QED) is 0.867. The molecule has 1 saturated heterocycles. The molecule has 0 spiro atoms. The largest absolute Gasteiger partial charge is 0.381 e. The third kappa shape index (κ3) is 2.59. The SMILES string of the molecule is c1n[nH]cc1CCCc1nc(C2CCOC2)no1. The molecule has 0 bridgehead atoms. The van der Waals surface area contributed by atoms with E-state index in [0.717, 1.165) is 44.0 Å². The lowest BCUT2D eigenvalue weighted by Gasteiger charge is -1.97. The van der Waals surface area contributed by atoms with Crippen LogP contribution < -0.4 is 0 Å². The second-order valence-electron chi connectivity index (χ2n) is 4.57. The van der Waals surface area contributed by atoms with Crippen molar-refractivity contribution in [1.82, 2.24) is 20.3 Å². The Labute approximate surface area is 105 Å². The molecule has 6 heteroatoms. The van der Waals surface area contributed by atoms with Crippen LogP contribution in [0.25, 0.3) is 0 Å². The molecule has 1 fully saturated rings.